The van der Waals surface area contributed by atoms with E-state index in [0.29, 0.717) is 22.8 Å². The summed E-state index contributed by atoms with van der Waals surface area (Å²) in [7, 11) is 1.54. The second kappa shape index (κ2) is 10.3. The Labute approximate surface area is 184 Å². The third-order valence-electron chi connectivity index (χ3n) is 4.22. The monoisotopic (exact) mass is 438 g/mol. The molecule has 3 N–H and O–H groups in total. The standard InChI is InChI=1S/C21H22N6O3S/c1-14-3-6-16(7-4-14)18(28)12-27-11-17(24-26-27)13-30-19-8-5-15(9-20(19)29-2)10-23-25-21(22)31/h3-11H,12-13H2,1-2H3,(H3,22,25,31)/b23-10+. The molecule has 1 aromatic heterocycles. The van der Waals surface area contributed by atoms with Crippen molar-refractivity contribution in [1.82, 2.24) is 20.4 Å². The number of carbonyl (C=O) groups excluding carboxylic acids is 1. The van der Waals surface area contributed by atoms with Crippen molar-refractivity contribution in [3.63, 3.8) is 0 Å². The van der Waals surface area contributed by atoms with Gasteiger partial charge in [0.25, 0.3) is 0 Å². The number of hydrazone groups is 1. The molecule has 0 aliphatic heterocycles. The summed E-state index contributed by atoms with van der Waals surface area (Å²) in [6.07, 6.45) is 3.24. The minimum absolute atomic E-state index is 0.0406. The van der Waals surface area contributed by atoms with Gasteiger partial charge in [-0.05, 0) is 42.9 Å². The van der Waals surface area contributed by atoms with Crippen molar-refractivity contribution in [2.45, 2.75) is 20.1 Å². The van der Waals surface area contributed by atoms with Crippen molar-refractivity contribution in [2.24, 2.45) is 10.8 Å². The number of carbonyl (C=O) groups is 1. The van der Waals surface area contributed by atoms with Gasteiger partial charge in [0.2, 0.25) is 0 Å². The molecule has 3 aromatic rings. The van der Waals surface area contributed by atoms with Crippen molar-refractivity contribution in [3.05, 3.63) is 71.0 Å². The van der Waals surface area contributed by atoms with Gasteiger partial charge in [0.05, 0.1) is 19.5 Å². The van der Waals surface area contributed by atoms with Crippen LogP contribution in [0.2, 0.25) is 0 Å². The van der Waals surface area contributed by atoms with Crippen molar-refractivity contribution in [1.29, 1.82) is 0 Å². The average molecular weight is 439 g/mol. The van der Waals surface area contributed by atoms with E-state index in [0.717, 1.165) is 11.1 Å². The molecule has 9 nitrogen and oxygen atoms in total. The smallest absolute Gasteiger partial charge is 0.184 e. The summed E-state index contributed by atoms with van der Waals surface area (Å²) in [6, 6.07) is 12.7. The van der Waals surface area contributed by atoms with Crippen molar-refractivity contribution >= 4 is 29.3 Å². The zero-order valence-corrected chi connectivity index (χ0v) is 17.9. The first-order valence-electron chi connectivity index (χ1n) is 9.33. The zero-order chi connectivity index (χ0) is 22.2. The lowest BCUT2D eigenvalue weighted by molar-refractivity contribution is 0.0967. The number of aryl methyl sites for hydroxylation is 1. The van der Waals surface area contributed by atoms with Gasteiger partial charge in [0.1, 0.15) is 18.8 Å². The SMILES string of the molecule is COc1cc(/C=N/NC(N)=S)ccc1OCc1cn(CC(=O)c2ccc(C)cc2)nn1. The quantitative estimate of drug-likeness (QED) is 0.226. The molecular formula is C21H22N6O3S. The maximum absolute atomic E-state index is 12.4. The number of nitrogens with zero attached hydrogens (tertiary/aromatic N) is 4. The summed E-state index contributed by atoms with van der Waals surface area (Å²) < 4.78 is 12.7. The number of nitrogens with one attached hydrogen (secondary N) is 1. The number of ketones is 1. The van der Waals surface area contributed by atoms with Gasteiger partial charge in [-0.25, -0.2) is 4.68 Å². The topological polar surface area (TPSA) is 117 Å². The number of hydrogen-bond acceptors (Lipinski definition) is 7. The van der Waals surface area contributed by atoms with E-state index in [4.69, 9.17) is 27.4 Å². The molecule has 160 valence electrons. The maximum atomic E-state index is 12.4. The zero-order valence-electron chi connectivity index (χ0n) is 17.1. The van der Waals surface area contributed by atoms with Gasteiger partial charge in [-0.1, -0.05) is 35.0 Å². The van der Waals surface area contributed by atoms with E-state index in [-0.39, 0.29) is 24.0 Å². The normalized spacial score (nSPS) is 10.8. The molecule has 1 heterocycles. The molecule has 0 radical (unpaired) electrons. The highest BCUT2D eigenvalue weighted by Crippen LogP contribution is 2.28. The van der Waals surface area contributed by atoms with Crippen LogP contribution in [0.3, 0.4) is 0 Å². The summed E-state index contributed by atoms with van der Waals surface area (Å²) in [5.74, 6) is 1.02. The molecule has 0 amide bonds. The lowest BCUT2D eigenvalue weighted by Gasteiger charge is -2.10. The van der Waals surface area contributed by atoms with Gasteiger partial charge < -0.3 is 15.2 Å². The minimum atomic E-state index is -0.0406. The first-order chi connectivity index (χ1) is 14.9. The van der Waals surface area contributed by atoms with Crippen LogP contribution in [0.1, 0.15) is 27.2 Å². The van der Waals surface area contributed by atoms with Crippen LogP contribution in [0.4, 0.5) is 0 Å². The summed E-state index contributed by atoms with van der Waals surface area (Å²) >= 11 is 4.69. The Hall–Kier alpha value is -3.79. The molecule has 0 aliphatic carbocycles. The van der Waals surface area contributed by atoms with Crippen LogP contribution in [0.5, 0.6) is 11.5 Å². The van der Waals surface area contributed by atoms with E-state index in [9.17, 15) is 4.79 Å². The fraction of sp³-hybridized carbons (Fsp3) is 0.190. The van der Waals surface area contributed by atoms with E-state index in [1.165, 1.54) is 4.68 Å². The predicted octanol–water partition coefficient (Wildman–Crippen LogP) is 2.22. The third kappa shape index (κ3) is 6.34. The highest BCUT2D eigenvalue weighted by Gasteiger charge is 2.11. The van der Waals surface area contributed by atoms with Gasteiger partial charge in [-0.2, -0.15) is 5.10 Å². The summed E-state index contributed by atoms with van der Waals surface area (Å²) in [6.45, 7) is 2.25. The van der Waals surface area contributed by atoms with Gasteiger partial charge >= 0.3 is 0 Å². The first kappa shape index (κ1) is 21.9. The fourth-order valence-corrected chi connectivity index (χ4v) is 2.72. The molecule has 0 bridgehead atoms. The number of methoxy groups -OCH3 is 1. The van der Waals surface area contributed by atoms with Crippen LogP contribution < -0.4 is 20.6 Å². The molecule has 0 spiro atoms. The molecular weight excluding hydrogens is 416 g/mol. The number of rotatable bonds is 9. The molecule has 0 saturated heterocycles. The number of Topliss-reactive ketones (excluding diaryl/α,β-unsaturated/α-hetero) is 1. The number of nitrogens with two attached hydrogens (primary N) is 1. The Bertz CT molecular complexity index is 1090. The Morgan fingerprint density at radius 1 is 1.26 bits per heavy atom. The highest BCUT2D eigenvalue weighted by molar-refractivity contribution is 7.80. The lowest BCUT2D eigenvalue weighted by Crippen LogP contribution is -2.23. The molecule has 2 aromatic carbocycles. The van der Waals surface area contributed by atoms with Gasteiger partial charge in [-0.15, -0.1) is 5.10 Å². The number of benzene rings is 2. The van der Waals surface area contributed by atoms with Crippen LogP contribution in [0.25, 0.3) is 0 Å². The Morgan fingerprint density at radius 3 is 2.74 bits per heavy atom. The summed E-state index contributed by atoms with van der Waals surface area (Å²) in [4.78, 5) is 12.4. The fourth-order valence-electron chi connectivity index (χ4n) is 2.67. The third-order valence-corrected chi connectivity index (χ3v) is 4.31. The van der Waals surface area contributed by atoms with Gasteiger partial charge in [0, 0.05) is 5.56 Å². The van der Waals surface area contributed by atoms with Gasteiger partial charge in [0.15, 0.2) is 22.4 Å². The number of thiocarbonyl (C=S) groups is 1. The van der Waals surface area contributed by atoms with E-state index < -0.39 is 0 Å². The second-order valence-corrected chi connectivity index (χ2v) is 7.07. The van der Waals surface area contributed by atoms with Crippen molar-refractivity contribution < 1.29 is 14.3 Å². The molecule has 10 heteroatoms. The van der Waals surface area contributed by atoms with Crippen LogP contribution >= 0.6 is 12.2 Å². The molecule has 0 unspecified atom stereocenters. The van der Waals surface area contributed by atoms with E-state index in [2.05, 4.69) is 20.8 Å². The predicted molar refractivity (Wildman–Crippen MR) is 120 cm³/mol. The van der Waals surface area contributed by atoms with Crippen molar-refractivity contribution in [3.8, 4) is 11.5 Å². The second-order valence-electron chi connectivity index (χ2n) is 6.63. The van der Waals surface area contributed by atoms with Crippen molar-refractivity contribution in [2.75, 3.05) is 7.11 Å². The van der Waals surface area contributed by atoms with E-state index in [1.807, 2.05) is 19.1 Å². The van der Waals surface area contributed by atoms with Crippen LogP contribution in [0.15, 0.2) is 53.8 Å². The largest absolute Gasteiger partial charge is 0.493 e. The molecule has 31 heavy (non-hydrogen) atoms. The molecule has 0 saturated carbocycles. The maximum Gasteiger partial charge on any atom is 0.184 e. The Morgan fingerprint density at radius 2 is 2.03 bits per heavy atom. The number of aromatic nitrogens is 3. The first-order valence-corrected chi connectivity index (χ1v) is 9.73. The molecule has 3 rings (SSSR count). The minimum Gasteiger partial charge on any atom is -0.493 e. The molecule has 0 atom stereocenters. The van der Waals surface area contributed by atoms with Gasteiger partial charge in [-0.3, -0.25) is 10.2 Å². The average Bonchev–Trinajstić information content (AvgIpc) is 3.20. The molecule has 0 aliphatic rings. The number of hydrogen-bond donors (Lipinski definition) is 2. The Kier molecular flexibility index (Phi) is 7.28. The molecule has 0 fully saturated rings. The van der Waals surface area contributed by atoms with E-state index in [1.54, 1.807) is 49.9 Å². The summed E-state index contributed by atoms with van der Waals surface area (Å²) in [5.41, 5.74) is 10.9. The Balaban J connectivity index is 1.59. The highest BCUT2D eigenvalue weighted by atomic mass is 32.1. The lowest BCUT2D eigenvalue weighted by atomic mass is 10.1. The van der Waals surface area contributed by atoms with Crippen LogP contribution in [-0.4, -0.2) is 39.2 Å². The van der Waals surface area contributed by atoms with Crippen LogP contribution in [0, 0.1) is 6.92 Å². The summed E-state index contributed by atoms with van der Waals surface area (Å²) in [5, 5.41) is 12.1. The van der Waals surface area contributed by atoms with Crippen LogP contribution in [-0.2, 0) is 13.2 Å². The van der Waals surface area contributed by atoms with E-state index >= 15 is 0 Å². The number of ether oxygens (including phenoxy) is 2.